The summed E-state index contributed by atoms with van der Waals surface area (Å²) in [6.07, 6.45) is 4.49. The molecule has 1 fully saturated rings. The first-order valence-corrected chi connectivity index (χ1v) is 12.2. The second-order valence-corrected chi connectivity index (χ2v) is 8.70. The van der Waals surface area contributed by atoms with E-state index < -0.39 is 41.7 Å². The number of urea groups is 2. The highest BCUT2D eigenvalue weighted by Gasteiger charge is 2.40. The number of primary amides is 1. The van der Waals surface area contributed by atoms with E-state index in [9.17, 15) is 28.8 Å². The number of imide groups is 2. The van der Waals surface area contributed by atoms with Gasteiger partial charge in [-0.2, -0.15) is 0 Å². The summed E-state index contributed by atoms with van der Waals surface area (Å²) in [5.41, 5.74) is 4.74. The zero-order valence-corrected chi connectivity index (χ0v) is 22.8. The third kappa shape index (κ3) is 13.6. The monoisotopic (exact) mass is 516 g/mol. The molecule has 36 heavy (non-hydrogen) atoms. The van der Waals surface area contributed by atoms with Gasteiger partial charge in [0.05, 0.1) is 14.2 Å². The van der Waals surface area contributed by atoms with Crippen molar-refractivity contribution in [3.05, 3.63) is 0 Å². The van der Waals surface area contributed by atoms with Gasteiger partial charge in [0.15, 0.2) is 5.92 Å². The lowest BCUT2D eigenvalue weighted by Gasteiger charge is -2.32. The number of rotatable bonds is 10. The van der Waals surface area contributed by atoms with Gasteiger partial charge < -0.3 is 20.5 Å². The number of esters is 2. The van der Waals surface area contributed by atoms with Gasteiger partial charge in [0.2, 0.25) is 11.8 Å². The first-order chi connectivity index (χ1) is 16.8. The van der Waals surface area contributed by atoms with Crippen LogP contribution in [0, 0.1) is 11.8 Å². The summed E-state index contributed by atoms with van der Waals surface area (Å²) in [5.74, 6) is -3.30. The highest BCUT2D eigenvalue weighted by Crippen LogP contribution is 2.18. The van der Waals surface area contributed by atoms with E-state index in [0.717, 1.165) is 30.6 Å². The molecule has 1 heterocycles. The second-order valence-electron chi connectivity index (χ2n) is 8.70. The molecule has 12 heteroatoms. The summed E-state index contributed by atoms with van der Waals surface area (Å²) in [5, 5.41) is 4.67. The number of nitrogens with two attached hydrogens (primary N) is 1. The van der Waals surface area contributed by atoms with Crippen LogP contribution in [0.3, 0.4) is 0 Å². The minimum atomic E-state index is -0.755. The lowest BCUT2D eigenvalue weighted by Crippen LogP contribution is -2.59. The average molecular weight is 517 g/mol. The van der Waals surface area contributed by atoms with E-state index in [-0.39, 0.29) is 18.0 Å². The lowest BCUT2D eigenvalue weighted by molar-refractivity contribution is -0.159. The maximum absolute atomic E-state index is 11.9. The third-order valence-electron chi connectivity index (χ3n) is 4.91. The highest BCUT2D eigenvalue weighted by molar-refractivity contribution is 6.16. The molecule has 0 aromatic heterocycles. The van der Waals surface area contributed by atoms with Crippen LogP contribution in [0.2, 0.25) is 0 Å². The first-order valence-electron chi connectivity index (χ1n) is 12.2. The van der Waals surface area contributed by atoms with Crippen LogP contribution in [0.1, 0.15) is 80.1 Å². The van der Waals surface area contributed by atoms with Crippen LogP contribution in [0.15, 0.2) is 0 Å². The molecule has 0 bridgehead atoms. The van der Waals surface area contributed by atoms with Gasteiger partial charge in [-0.25, -0.2) is 9.59 Å². The number of nitrogens with one attached hydrogen (secondary N) is 2. The van der Waals surface area contributed by atoms with Gasteiger partial charge in [-0.1, -0.05) is 39.5 Å². The number of hydrogen-bond acceptors (Lipinski definition) is 8. The van der Waals surface area contributed by atoms with Crippen LogP contribution in [-0.4, -0.2) is 67.0 Å². The fourth-order valence-electron chi connectivity index (χ4n) is 3.09. The molecule has 1 aliphatic rings. The van der Waals surface area contributed by atoms with Crippen molar-refractivity contribution in [1.29, 1.82) is 0 Å². The molecule has 1 rings (SSSR count). The Morgan fingerprint density at radius 2 is 1.47 bits per heavy atom. The highest BCUT2D eigenvalue weighted by atomic mass is 16.5. The van der Waals surface area contributed by atoms with E-state index in [1.807, 2.05) is 27.7 Å². The van der Waals surface area contributed by atoms with Crippen LogP contribution in [0.4, 0.5) is 9.59 Å². The van der Waals surface area contributed by atoms with E-state index in [0.29, 0.717) is 12.8 Å². The fourth-order valence-corrected chi connectivity index (χ4v) is 3.09. The van der Waals surface area contributed by atoms with Crippen LogP contribution < -0.4 is 16.4 Å². The Bertz CT molecular complexity index is 724. The summed E-state index contributed by atoms with van der Waals surface area (Å²) in [7, 11) is 2.54. The quantitative estimate of drug-likeness (QED) is 0.293. The Kier molecular flexibility index (Phi) is 18.5. The van der Waals surface area contributed by atoms with Gasteiger partial charge in [-0.3, -0.25) is 29.4 Å². The third-order valence-corrected chi connectivity index (χ3v) is 4.91. The number of barbiturate groups is 1. The van der Waals surface area contributed by atoms with E-state index in [4.69, 9.17) is 5.73 Å². The number of hydrogen-bond donors (Lipinski definition) is 3. The summed E-state index contributed by atoms with van der Waals surface area (Å²) in [6, 6.07) is -1.13. The number of ether oxygens (including phenoxy) is 2. The van der Waals surface area contributed by atoms with Crippen molar-refractivity contribution in [2.75, 3.05) is 14.2 Å². The number of unbranched alkanes of at least 4 members (excludes halogenated alkanes) is 2. The predicted molar refractivity (Wildman–Crippen MR) is 133 cm³/mol. The number of nitrogens with zero attached hydrogens (tertiary/aromatic N) is 1. The summed E-state index contributed by atoms with van der Waals surface area (Å²) in [6.45, 7) is 11.2. The largest absolute Gasteiger partial charge is 0.468 e. The van der Waals surface area contributed by atoms with Crippen molar-refractivity contribution in [3.63, 3.8) is 0 Å². The molecule has 1 saturated heterocycles. The maximum atomic E-state index is 11.9. The van der Waals surface area contributed by atoms with Gasteiger partial charge in [-0.05, 0) is 40.5 Å². The number of carbonyl (C=O) groups is 6. The molecular formula is C24H44N4O8. The fraction of sp³-hybridized carbons (Fsp3) is 0.750. The molecular weight excluding hydrogens is 472 g/mol. The molecule has 12 nitrogen and oxygen atoms in total. The molecule has 4 N–H and O–H groups in total. The first kappa shape index (κ1) is 35.0. The van der Waals surface area contributed by atoms with Crippen molar-refractivity contribution >= 4 is 35.8 Å². The van der Waals surface area contributed by atoms with Crippen LogP contribution in [0.25, 0.3) is 0 Å². The zero-order chi connectivity index (χ0) is 28.4. The van der Waals surface area contributed by atoms with Gasteiger partial charge >= 0.3 is 24.0 Å². The molecule has 1 aliphatic heterocycles. The molecule has 0 aromatic carbocycles. The minimum Gasteiger partial charge on any atom is -0.468 e. The molecule has 0 radical (unpaired) electrons. The van der Waals surface area contributed by atoms with Crippen LogP contribution in [-0.2, 0) is 28.7 Å². The molecule has 1 unspecified atom stereocenters. The van der Waals surface area contributed by atoms with Crippen molar-refractivity contribution in [2.24, 2.45) is 17.6 Å². The molecule has 0 aromatic rings. The van der Waals surface area contributed by atoms with Gasteiger partial charge in [-0.15, -0.1) is 0 Å². The van der Waals surface area contributed by atoms with Gasteiger partial charge in [0.1, 0.15) is 5.92 Å². The smallest absolute Gasteiger partial charge is 0.331 e. The number of amides is 6. The van der Waals surface area contributed by atoms with Crippen molar-refractivity contribution in [1.82, 2.24) is 15.5 Å². The van der Waals surface area contributed by atoms with Crippen molar-refractivity contribution in [2.45, 2.75) is 92.2 Å². The molecule has 208 valence electrons. The normalized spacial score (nSPS) is 14.9. The summed E-state index contributed by atoms with van der Waals surface area (Å²) in [4.78, 5) is 68.1. The van der Waals surface area contributed by atoms with Gasteiger partial charge in [0, 0.05) is 12.1 Å². The lowest BCUT2D eigenvalue weighted by atomic mass is 9.97. The maximum Gasteiger partial charge on any atom is 0.331 e. The Morgan fingerprint density at radius 1 is 0.972 bits per heavy atom. The SMILES string of the molecule is CC(C)NC(N)=O.CCCCC(C(=O)OC)C(=O)OC.CCCCC1C(=O)NC(=O)N(C(C)C)C1=O. The summed E-state index contributed by atoms with van der Waals surface area (Å²) < 4.78 is 8.99. The predicted octanol–water partition coefficient (Wildman–Crippen LogP) is 2.48. The molecule has 0 saturated carbocycles. The molecule has 0 spiro atoms. The minimum absolute atomic E-state index is 0.150. The Morgan fingerprint density at radius 3 is 1.81 bits per heavy atom. The Hall–Kier alpha value is -3.18. The van der Waals surface area contributed by atoms with Crippen LogP contribution in [0.5, 0.6) is 0 Å². The van der Waals surface area contributed by atoms with E-state index in [1.54, 1.807) is 13.8 Å². The van der Waals surface area contributed by atoms with Crippen LogP contribution >= 0.6 is 0 Å². The molecule has 0 aliphatic carbocycles. The second kappa shape index (κ2) is 19.1. The Labute approximate surface area is 214 Å². The molecule has 6 amide bonds. The Balaban J connectivity index is 0. The summed E-state index contributed by atoms with van der Waals surface area (Å²) >= 11 is 0. The van der Waals surface area contributed by atoms with E-state index in [1.165, 1.54) is 14.2 Å². The standard InChI is InChI=1S/C11H18N2O3.C9H16O4.C4H10N2O/c1-4-5-6-8-9(14)12-11(16)13(7(2)3)10(8)15;1-4-5-6-7(8(10)12-2)9(11)13-3;1-3(2)6-4(5)7/h7-8H,4-6H2,1-3H3,(H,12,14,16);7H,4-6H2,1-3H3;3H,1-2H3,(H3,5,6,7). The van der Waals surface area contributed by atoms with E-state index in [2.05, 4.69) is 20.1 Å². The van der Waals surface area contributed by atoms with Gasteiger partial charge in [0.25, 0.3) is 0 Å². The average Bonchev–Trinajstić information content (AvgIpc) is 2.78. The molecule has 1 atom stereocenters. The zero-order valence-electron chi connectivity index (χ0n) is 22.8. The topological polar surface area (TPSA) is 174 Å². The number of carbonyl (C=O) groups excluding carboxylic acids is 6. The van der Waals surface area contributed by atoms with E-state index >= 15 is 0 Å². The van der Waals surface area contributed by atoms with Crippen molar-refractivity contribution in [3.8, 4) is 0 Å². The van der Waals surface area contributed by atoms with Crippen molar-refractivity contribution < 1.29 is 38.2 Å². The number of methoxy groups -OCH3 is 2.